The minimum Gasteiger partial charge on any atom is -0.354 e. The summed E-state index contributed by atoms with van der Waals surface area (Å²) < 4.78 is 13.6. The predicted molar refractivity (Wildman–Crippen MR) is 145 cm³/mol. The molecule has 0 bridgehead atoms. The Balaban J connectivity index is 1.56. The number of unbranched alkanes of at least 4 members (excludes halogenated alkanes) is 1. The monoisotopic (exact) mass is 533 g/mol. The highest BCUT2D eigenvalue weighted by Gasteiger charge is 2.47. The van der Waals surface area contributed by atoms with E-state index in [2.05, 4.69) is 5.32 Å². The average molecular weight is 534 g/mol. The van der Waals surface area contributed by atoms with Gasteiger partial charge in [-0.3, -0.25) is 24.1 Å². The number of rotatable bonds is 12. The van der Waals surface area contributed by atoms with Gasteiger partial charge in [-0.1, -0.05) is 68.0 Å². The van der Waals surface area contributed by atoms with E-state index in [0.717, 1.165) is 18.4 Å². The fraction of sp³-hybridized carbons (Fsp3) is 0.419. The molecule has 1 aliphatic heterocycles. The molecule has 7 nitrogen and oxygen atoms in total. The summed E-state index contributed by atoms with van der Waals surface area (Å²) in [6, 6.07) is 14.5. The summed E-state index contributed by atoms with van der Waals surface area (Å²) in [4.78, 5) is 55.8. The van der Waals surface area contributed by atoms with Gasteiger partial charge in [-0.2, -0.15) is 0 Å². The molecule has 206 valence electrons. The van der Waals surface area contributed by atoms with E-state index >= 15 is 0 Å². The van der Waals surface area contributed by atoms with Crippen molar-refractivity contribution >= 4 is 23.6 Å². The van der Waals surface area contributed by atoms with Crippen molar-refractivity contribution in [3.8, 4) is 0 Å². The Hall–Kier alpha value is -3.81. The molecular formula is C31H36FN3O4. The Bertz CT molecular complexity index is 1170. The predicted octanol–water partition coefficient (Wildman–Crippen LogP) is 4.02. The molecule has 0 unspecified atom stereocenters. The van der Waals surface area contributed by atoms with Crippen LogP contribution in [0.5, 0.6) is 0 Å². The van der Waals surface area contributed by atoms with Gasteiger partial charge >= 0.3 is 0 Å². The maximum atomic E-state index is 13.8. The summed E-state index contributed by atoms with van der Waals surface area (Å²) in [6.45, 7) is 2.59. The highest BCUT2D eigenvalue weighted by atomic mass is 19.1. The van der Waals surface area contributed by atoms with E-state index in [-0.39, 0.29) is 55.0 Å². The van der Waals surface area contributed by atoms with Gasteiger partial charge in [0.2, 0.25) is 23.6 Å². The first-order valence-electron chi connectivity index (χ1n) is 13.7. The number of halogens is 1. The lowest BCUT2D eigenvalue weighted by atomic mass is 9.85. The summed E-state index contributed by atoms with van der Waals surface area (Å²) in [7, 11) is 0. The molecule has 4 rings (SSSR count). The van der Waals surface area contributed by atoms with Crippen LogP contribution in [-0.2, 0) is 32.1 Å². The first-order valence-corrected chi connectivity index (χ1v) is 13.7. The van der Waals surface area contributed by atoms with Gasteiger partial charge in [-0.25, -0.2) is 4.39 Å². The van der Waals surface area contributed by atoms with Crippen LogP contribution >= 0.6 is 0 Å². The largest absolute Gasteiger partial charge is 0.354 e. The number of imide groups is 1. The molecule has 1 aliphatic carbocycles. The molecule has 0 saturated carbocycles. The van der Waals surface area contributed by atoms with Gasteiger partial charge in [0.15, 0.2) is 0 Å². The quantitative estimate of drug-likeness (QED) is 0.254. The standard InChI is InChI=1S/C31H36FN3O4/c1-2-3-18-33-29(37)27(20-22-9-5-4-6-10-22)35(21-23-13-15-24(32)16-14-23)28(36)17-19-34-30(38)25-11-7-8-12-26(25)31(34)39/h4-10,13-16,25-27H,2-3,11-12,17-21H2,1H3,(H,33,37)/t25-,26+,27-/m1/s1. The number of amides is 4. The van der Waals surface area contributed by atoms with Crippen LogP contribution in [0.3, 0.4) is 0 Å². The number of hydrogen-bond acceptors (Lipinski definition) is 4. The van der Waals surface area contributed by atoms with Gasteiger partial charge < -0.3 is 10.2 Å². The minimum absolute atomic E-state index is 0.0288. The Labute approximate surface area is 229 Å². The van der Waals surface area contributed by atoms with E-state index in [1.807, 2.05) is 49.4 Å². The zero-order chi connectivity index (χ0) is 27.8. The average Bonchev–Trinajstić information content (AvgIpc) is 3.20. The third-order valence-electron chi connectivity index (χ3n) is 7.51. The lowest BCUT2D eigenvalue weighted by Crippen LogP contribution is -2.51. The highest BCUT2D eigenvalue weighted by molar-refractivity contribution is 6.05. The third-order valence-corrected chi connectivity index (χ3v) is 7.51. The van der Waals surface area contributed by atoms with E-state index in [1.165, 1.54) is 21.9 Å². The molecule has 1 saturated heterocycles. The first kappa shape index (κ1) is 28.2. The van der Waals surface area contributed by atoms with E-state index in [0.29, 0.717) is 31.4 Å². The van der Waals surface area contributed by atoms with Crippen LogP contribution in [0.2, 0.25) is 0 Å². The van der Waals surface area contributed by atoms with Crippen molar-refractivity contribution in [2.75, 3.05) is 13.1 Å². The lowest BCUT2D eigenvalue weighted by Gasteiger charge is -2.32. The van der Waals surface area contributed by atoms with E-state index in [4.69, 9.17) is 0 Å². The van der Waals surface area contributed by atoms with Crippen molar-refractivity contribution in [2.45, 2.75) is 58.0 Å². The highest BCUT2D eigenvalue weighted by Crippen LogP contribution is 2.35. The molecule has 1 fully saturated rings. The lowest BCUT2D eigenvalue weighted by molar-refractivity contribution is -0.144. The number of benzene rings is 2. The topological polar surface area (TPSA) is 86.8 Å². The van der Waals surface area contributed by atoms with Crippen LogP contribution in [0.25, 0.3) is 0 Å². The van der Waals surface area contributed by atoms with E-state index in [1.54, 1.807) is 12.1 Å². The number of likely N-dealkylation sites (tertiary alicyclic amines) is 1. The van der Waals surface area contributed by atoms with Crippen LogP contribution in [0, 0.1) is 17.7 Å². The molecule has 2 aromatic rings. The summed E-state index contributed by atoms with van der Waals surface area (Å²) in [5, 5.41) is 2.96. The second-order valence-corrected chi connectivity index (χ2v) is 10.2. The molecule has 0 radical (unpaired) electrons. The summed E-state index contributed by atoms with van der Waals surface area (Å²) in [5.74, 6) is -2.19. The molecule has 3 atom stereocenters. The number of nitrogens with zero attached hydrogens (tertiary/aromatic N) is 2. The molecule has 2 aliphatic rings. The summed E-state index contributed by atoms with van der Waals surface area (Å²) in [6.07, 6.45) is 6.85. The van der Waals surface area contributed by atoms with E-state index < -0.39 is 11.9 Å². The fourth-order valence-corrected chi connectivity index (χ4v) is 5.29. The van der Waals surface area contributed by atoms with Crippen LogP contribution in [0.1, 0.15) is 50.2 Å². The van der Waals surface area contributed by atoms with Gasteiger partial charge in [0.05, 0.1) is 11.8 Å². The van der Waals surface area contributed by atoms with E-state index in [9.17, 15) is 23.6 Å². The molecular weight excluding hydrogens is 497 g/mol. The molecule has 2 aromatic carbocycles. The van der Waals surface area contributed by atoms with Crippen LogP contribution in [0.4, 0.5) is 4.39 Å². The van der Waals surface area contributed by atoms with Crippen molar-refractivity contribution < 1.29 is 23.6 Å². The molecule has 1 N–H and O–H groups in total. The Morgan fingerprint density at radius 1 is 0.974 bits per heavy atom. The minimum atomic E-state index is -0.821. The van der Waals surface area contributed by atoms with Crippen LogP contribution < -0.4 is 5.32 Å². The molecule has 39 heavy (non-hydrogen) atoms. The zero-order valence-corrected chi connectivity index (χ0v) is 22.4. The van der Waals surface area contributed by atoms with Crippen molar-refractivity contribution in [1.82, 2.24) is 15.1 Å². The van der Waals surface area contributed by atoms with Gasteiger partial charge in [0.1, 0.15) is 11.9 Å². The summed E-state index contributed by atoms with van der Waals surface area (Å²) >= 11 is 0. The van der Waals surface area contributed by atoms with Crippen molar-refractivity contribution in [3.05, 3.63) is 83.7 Å². The van der Waals surface area contributed by atoms with Gasteiger partial charge in [-0.05, 0) is 42.5 Å². The van der Waals surface area contributed by atoms with Crippen molar-refractivity contribution in [3.63, 3.8) is 0 Å². The smallest absolute Gasteiger partial charge is 0.243 e. The molecule has 1 heterocycles. The Kier molecular flexibility index (Phi) is 9.63. The number of carbonyl (C=O) groups excluding carboxylic acids is 4. The fourth-order valence-electron chi connectivity index (χ4n) is 5.29. The van der Waals surface area contributed by atoms with Gasteiger partial charge in [-0.15, -0.1) is 0 Å². The summed E-state index contributed by atoms with van der Waals surface area (Å²) in [5.41, 5.74) is 1.57. The second-order valence-electron chi connectivity index (χ2n) is 10.2. The molecule has 4 amide bonds. The SMILES string of the molecule is CCCCNC(=O)[C@@H](Cc1ccccc1)N(Cc1ccc(F)cc1)C(=O)CCN1C(=O)[C@H]2CC=CC[C@H]2C1=O. The number of allylic oxidation sites excluding steroid dienone is 2. The normalized spacial score (nSPS) is 19.1. The molecule has 0 spiro atoms. The number of nitrogens with one attached hydrogen (secondary N) is 1. The van der Waals surface area contributed by atoms with Crippen molar-refractivity contribution in [1.29, 1.82) is 0 Å². The number of fused-ring (bicyclic) bond motifs is 1. The van der Waals surface area contributed by atoms with Crippen LogP contribution in [0.15, 0.2) is 66.7 Å². The van der Waals surface area contributed by atoms with Crippen molar-refractivity contribution in [2.24, 2.45) is 11.8 Å². The van der Waals surface area contributed by atoms with Gasteiger partial charge in [0, 0.05) is 32.5 Å². The molecule has 8 heteroatoms. The van der Waals surface area contributed by atoms with Gasteiger partial charge in [0.25, 0.3) is 0 Å². The first-order chi connectivity index (χ1) is 18.9. The maximum Gasteiger partial charge on any atom is 0.243 e. The Morgan fingerprint density at radius 3 is 2.23 bits per heavy atom. The molecule has 0 aromatic heterocycles. The third kappa shape index (κ3) is 6.99. The second kappa shape index (κ2) is 13.3. The Morgan fingerprint density at radius 2 is 1.62 bits per heavy atom. The number of hydrogen-bond donors (Lipinski definition) is 1. The zero-order valence-electron chi connectivity index (χ0n) is 22.4. The number of carbonyl (C=O) groups is 4. The maximum absolute atomic E-state index is 13.8. The van der Waals surface area contributed by atoms with Crippen LogP contribution in [-0.4, -0.2) is 52.6 Å².